The van der Waals surface area contributed by atoms with Crippen LogP contribution in [-0.4, -0.2) is 41.4 Å². The molecule has 0 aliphatic heterocycles. The summed E-state index contributed by atoms with van der Waals surface area (Å²) in [6, 6.07) is 16.6. The molecule has 2 atom stereocenters. The number of hydrogen-bond acceptors (Lipinski definition) is 5. The molecule has 0 saturated carbocycles. The summed E-state index contributed by atoms with van der Waals surface area (Å²) in [4.78, 5) is 38.5. The fourth-order valence-electron chi connectivity index (χ4n) is 3.06. The van der Waals surface area contributed by atoms with Gasteiger partial charge in [0.1, 0.15) is 18.7 Å². The Morgan fingerprint density at radius 1 is 0.939 bits per heavy atom. The summed E-state index contributed by atoms with van der Waals surface area (Å²) in [6.45, 7) is 5.96. The Balaban J connectivity index is 2.04. The summed E-state index contributed by atoms with van der Waals surface area (Å²) in [5, 5.41) is 5.62. The van der Waals surface area contributed by atoms with Gasteiger partial charge in [-0.25, -0.2) is 4.79 Å². The van der Waals surface area contributed by atoms with E-state index in [1.807, 2.05) is 50.2 Å². The lowest BCUT2D eigenvalue weighted by atomic mass is 10.0. The predicted octanol–water partition coefficient (Wildman–Crippen LogP) is 4.20. The van der Waals surface area contributed by atoms with Gasteiger partial charge in [0.15, 0.2) is 0 Å². The van der Waals surface area contributed by atoms with Gasteiger partial charge in [0, 0.05) is 11.3 Å². The first-order chi connectivity index (χ1) is 15.9. The van der Waals surface area contributed by atoms with Crippen LogP contribution in [0.1, 0.15) is 49.5 Å². The quantitative estimate of drug-likeness (QED) is 0.339. The van der Waals surface area contributed by atoms with Crippen LogP contribution >= 0.6 is 11.8 Å². The van der Waals surface area contributed by atoms with E-state index in [9.17, 15) is 14.4 Å². The minimum Gasteiger partial charge on any atom is -0.459 e. The van der Waals surface area contributed by atoms with Crippen LogP contribution in [0.4, 0.5) is 0 Å². The average Bonchev–Trinajstić information content (AvgIpc) is 2.83. The molecule has 33 heavy (non-hydrogen) atoms. The van der Waals surface area contributed by atoms with Gasteiger partial charge >= 0.3 is 5.97 Å². The van der Waals surface area contributed by atoms with E-state index in [4.69, 9.17) is 4.74 Å². The molecule has 0 spiro atoms. The largest absolute Gasteiger partial charge is 0.459 e. The molecule has 0 heterocycles. The Hall–Kier alpha value is -2.80. The van der Waals surface area contributed by atoms with Crippen molar-refractivity contribution < 1.29 is 19.1 Å². The molecular weight excluding hydrogens is 436 g/mol. The van der Waals surface area contributed by atoms with E-state index in [-0.39, 0.29) is 18.4 Å². The molecule has 0 saturated heterocycles. The second kappa shape index (κ2) is 14.4. The maximum absolute atomic E-state index is 13.1. The first kappa shape index (κ1) is 26.5. The maximum atomic E-state index is 13.1. The van der Waals surface area contributed by atoms with Crippen LogP contribution in [0, 0.1) is 5.92 Å². The summed E-state index contributed by atoms with van der Waals surface area (Å²) in [6.07, 6.45) is 2.09. The molecule has 0 aliphatic rings. The lowest BCUT2D eigenvalue weighted by molar-refractivity contribution is -0.148. The Morgan fingerprint density at radius 3 is 2.18 bits per heavy atom. The van der Waals surface area contributed by atoms with E-state index in [1.165, 1.54) is 0 Å². The number of amides is 2. The van der Waals surface area contributed by atoms with Crippen molar-refractivity contribution in [2.24, 2.45) is 5.92 Å². The van der Waals surface area contributed by atoms with Crippen LogP contribution in [0.3, 0.4) is 0 Å². The van der Waals surface area contributed by atoms with E-state index in [1.54, 1.807) is 36.0 Å². The molecular formula is C26H34N2O4S. The maximum Gasteiger partial charge on any atom is 0.329 e. The molecule has 2 aromatic carbocycles. The summed E-state index contributed by atoms with van der Waals surface area (Å²) < 4.78 is 5.48. The van der Waals surface area contributed by atoms with Crippen LogP contribution in [0.25, 0.3) is 0 Å². The molecule has 2 N–H and O–H groups in total. The molecule has 0 radical (unpaired) electrons. The molecule has 178 valence electrons. The Bertz CT molecular complexity index is 874. The number of esters is 1. The summed E-state index contributed by atoms with van der Waals surface area (Å²) in [5.41, 5.74) is 1.36. The number of hydrogen-bond donors (Lipinski definition) is 2. The predicted molar refractivity (Wildman–Crippen MR) is 133 cm³/mol. The van der Waals surface area contributed by atoms with Crippen molar-refractivity contribution >= 4 is 29.5 Å². The normalized spacial score (nSPS) is 12.6. The van der Waals surface area contributed by atoms with Crippen LogP contribution in [-0.2, 0) is 20.9 Å². The van der Waals surface area contributed by atoms with E-state index >= 15 is 0 Å². The van der Waals surface area contributed by atoms with Crippen molar-refractivity contribution in [3.63, 3.8) is 0 Å². The van der Waals surface area contributed by atoms with Crippen molar-refractivity contribution in [3.05, 3.63) is 71.8 Å². The number of thioether (sulfide) groups is 1. The topological polar surface area (TPSA) is 84.5 Å². The van der Waals surface area contributed by atoms with E-state index in [0.717, 1.165) is 24.2 Å². The smallest absolute Gasteiger partial charge is 0.329 e. The fraction of sp³-hybridized carbons (Fsp3) is 0.423. The minimum absolute atomic E-state index is 0.143. The minimum atomic E-state index is -0.794. The van der Waals surface area contributed by atoms with Crippen LogP contribution < -0.4 is 10.6 Å². The van der Waals surface area contributed by atoms with Gasteiger partial charge in [0.05, 0.1) is 0 Å². The summed E-state index contributed by atoms with van der Waals surface area (Å²) in [5.74, 6) is -0.0548. The standard InChI is InChI=1S/C26H34N2O4S/c1-4-5-16-33-18-22(26(31)32-17-20-12-8-6-9-13-20)27-25(30)23(19(2)3)28-24(29)21-14-10-7-11-15-21/h6-15,19,22-23H,4-5,16-18H2,1-3H3,(H,27,30)(H,28,29)/t22-,23-/m0/s1. The van der Waals surface area contributed by atoms with Crippen molar-refractivity contribution in [1.82, 2.24) is 10.6 Å². The zero-order valence-corrected chi connectivity index (χ0v) is 20.4. The Labute approximate surface area is 200 Å². The monoisotopic (exact) mass is 470 g/mol. The number of rotatable bonds is 13. The summed E-state index contributed by atoms with van der Waals surface area (Å²) >= 11 is 1.61. The zero-order valence-electron chi connectivity index (χ0n) is 19.6. The third-order valence-electron chi connectivity index (χ3n) is 5.02. The highest BCUT2D eigenvalue weighted by Gasteiger charge is 2.29. The molecule has 2 amide bonds. The SMILES string of the molecule is CCCCSC[C@H](NC(=O)[C@@H](NC(=O)c1ccccc1)C(C)C)C(=O)OCc1ccccc1. The van der Waals surface area contributed by atoms with E-state index in [0.29, 0.717) is 11.3 Å². The van der Waals surface area contributed by atoms with Crippen LogP contribution in [0.5, 0.6) is 0 Å². The van der Waals surface area contributed by atoms with Crippen molar-refractivity contribution in [2.75, 3.05) is 11.5 Å². The van der Waals surface area contributed by atoms with Gasteiger partial charge in [0.25, 0.3) is 5.91 Å². The molecule has 6 nitrogen and oxygen atoms in total. The molecule has 0 bridgehead atoms. The fourth-order valence-corrected chi connectivity index (χ4v) is 4.17. The van der Waals surface area contributed by atoms with Gasteiger partial charge in [-0.15, -0.1) is 0 Å². The number of ether oxygens (including phenoxy) is 1. The second-order valence-corrected chi connectivity index (χ2v) is 9.29. The number of carbonyl (C=O) groups is 3. The van der Waals surface area contributed by atoms with Crippen LogP contribution in [0.2, 0.25) is 0 Å². The number of carbonyl (C=O) groups excluding carboxylic acids is 3. The molecule has 2 aromatic rings. The van der Waals surface area contributed by atoms with Gasteiger partial charge in [-0.3, -0.25) is 9.59 Å². The number of benzene rings is 2. The van der Waals surface area contributed by atoms with Crippen molar-refractivity contribution in [1.29, 1.82) is 0 Å². The third kappa shape index (κ3) is 9.30. The first-order valence-corrected chi connectivity index (χ1v) is 12.5. The van der Waals surface area contributed by atoms with Crippen molar-refractivity contribution in [2.45, 2.75) is 52.3 Å². The van der Waals surface area contributed by atoms with Gasteiger partial charge < -0.3 is 15.4 Å². The zero-order chi connectivity index (χ0) is 24.1. The van der Waals surface area contributed by atoms with Gasteiger partial charge in [-0.05, 0) is 35.8 Å². The van der Waals surface area contributed by atoms with Crippen molar-refractivity contribution in [3.8, 4) is 0 Å². The lowest BCUT2D eigenvalue weighted by Crippen LogP contribution is -2.54. The first-order valence-electron chi connectivity index (χ1n) is 11.4. The highest BCUT2D eigenvalue weighted by molar-refractivity contribution is 7.99. The van der Waals surface area contributed by atoms with Crippen LogP contribution in [0.15, 0.2) is 60.7 Å². The highest BCUT2D eigenvalue weighted by Crippen LogP contribution is 2.11. The Kier molecular flexibility index (Phi) is 11.5. The van der Waals surface area contributed by atoms with E-state index in [2.05, 4.69) is 17.6 Å². The van der Waals surface area contributed by atoms with E-state index < -0.39 is 24.0 Å². The molecule has 0 aliphatic carbocycles. The molecule has 0 unspecified atom stereocenters. The lowest BCUT2D eigenvalue weighted by Gasteiger charge is -2.25. The van der Waals surface area contributed by atoms with Gasteiger partial charge in [-0.2, -0.15) is 11.8 Å². The number of nitrogens with one attached hydrogen (secondary N) is 2. The Morgan fingerprint density at radius 2 is 1.58 bits per heavy atom. The third-order valence-corrected chi connectivity index (χ3v) is 6.17. The molecule has 2 rings (SSSR count). The molecule has 7 heteroatoms. The highest BCUT2D eigenvalue weighted by atomic mass is 32.2. The average molecular weight is 471 g/mol. The summed E-state index contributed by atoms with van der Waals surface area (Å²) in [7, 11) is 0. The molecule has 0 aromatic heterocycles. The second-order valence-electron chi connectivity index (χ2n) is 8.14. The van der Waals surface area contributed by atoms with Gasteiger partial charge in [0.2, 0.25) is 5.91 Å². The molecule has 0 fully saturated rings. The number of unbranched alkanes of at least 4 members (excludes halogenated alkanes) is 1. The van der Waals surface area contributed by atoms with Gasteiger partial charge in [-0.1, -0.05) is 75.7 Å².